The third-order valence-electron chi connectivity index (χ3n) is 2.48. The molecule has 0 radical (unpaired) electrons. The van der Waals surface area contributed by atoms with Crippen molar-refractivity contribution in [3.05, 3.63) is 0 Å². The highest BCUT2D eigenvalue weighted by atomic mass is 35.5. The third-order valence-corrected chi connectivity index (χ3v) is 2.48. The minimum Gasteiger partial charge on any atom is -0.374 e. The van der Waals surface area contributed by atoms with E-state index in [9.17, 15) is 10.2 Å². The summed E-state index contributed by atoms with van der Waals surface area (Å²) in [5, 5.41) is 47.3. The zero-order chi connectivity index (χ0) is 16.1. The Labute approximate surface area is 144 Å². The van der Waals surface area contributed by atoms with Gasteiger partial charge in [0.15, 0.2) is 0 Å². The lowest BCUT2D eigenvalue weighted by molar-refractivity contribution is 0.176. The molecule has 0 bridgehead atoms. The molecule has 0 spiro atoms. The van der Waals surface area contributed by atoms with Crippen molar-refractivity contribution in [2.45, 2.75) is 65.1 Å². The summed E-state index contributed by atoms with van der Waals surface area (Å²) in [6, 6.07) is 0. The van der Waals surface area contributed by atoms with Gasteiger partial charge in [-0.05, 0) is 41.5 Å². The second-order valence-electron chi connectivity index (χ2n) is 5.71. The number of hydrogen-bond donors (Lipinski definition) is 6. The van der Waals surface area contributed by atoms with Crippen LogP contribution in [0.1, 0.15) is 41.5 Å². The number of azo groups is 1. The Morgan fingerprint density at radius 2 is 1.05 bits per heavy atom. The Bertz CT molecular complexity index is 361. The van der Waals surface area contributed by atoms with Gasteiger partial charge in [-0.25, -0.2) is 0 Å². The molecule has 8 nitrogen and oxygen atoms in total. The minimum absolute atomic E-state index is 0. The van der Waals surface area contributed by atoms with Crippen molar-refractivity contribution >= 4 is 36.5 Å². The number of aliphatic hydroxyl groups excluding tert-OH is 2. The van der Waals surface area contributed by atoms with Crippen molar-refractivity contribution in [3.8, 4) is 0 Å². The van der Waals surface area contributed by atoms with Crippen LogP contribution in [0.2, 0.25) is 0 Å². The largest absolute Gasteiger partial charge is 0.374 e. The Kier molecular flexibility index (Phi) is 11.7. The summed E-state index contributed by atoms with van der Waals surface area (Å²) < 4.78 is 0. The highest BCUT2D eigenvalue weighted by Gasteiger charge is 2.29. The summed E-state index contributed by atoms with van der Waals surface area (Å²) in [5.74, 6) is 0.0594. The summed E-state index contributed by atoms with van der Waals surface area (Å²) in [6.45, 7) is 9.72. The number of nitrogens with zero attached hydrogens (tertiary/aromatic N) is 2. The first-order valence-corrected chi connectivity index (χ1v) is 6.40. The lowest BCUT2D eigenvalue weighted by Crippen LogP contribution is -2.46. The molecule has 0 saturated carbocycles. The molecule has 0 rings (SSSR count). The van der Waals surface area contributed by atoms with Crippen LogP contribution < -0.4 is 10.6 Å². The predicted octanol–water partition coefficient (Wildman–Crippen LogP) is 1.65. The van der Waals surface area contributed by atoms with E-state index in [1.807, 2.05) is 0 Å². The molecular weight excluding hydrogens is 331 g/mol. The van der Waals surface area contributed by atoms with Crippen molar-refractivity contribution in [1.82, 2.24) is 10.6 Å². The van der Waals surface area contributed by atoms with Gasteiger partial charge in [0.2, 0.25) is 0 Å². The van der Waals surface area contributed by atoms with Gasteiger partial charge < -0.3 is 20.8 Å². The van der Waals surface area contributed by atoms with Crippen LogP contribution >= 0.6 is 24.8 Å². The van der Waals surface area contributed by atoms with Crippen molar-refractivity contribution in [3.63, 3.8) is 0 Å². The first-order chi connectivity index (χ1) is 8.88. The van der Waals surface area contributed by atoms with Crippen molar-refractivity contribution in [2.75, 3.05) is 0 Å². The Hall–Kier alpha value is -0.960. The fraction of sp³-hybridized carbons (Fsp3) is 0.833. The Morgan fingerprint density at radius 3 is 1.23 bits per heavy atom. The third kappa shape index (κ3) is 9.14. The fourth-order valence-corrected chi connectivity index (χ4v) is 1.12. The molecule has 0 aliphatic rings. The second-order valence-corrected chi connectivity index (χ2v) is 5.71. The number of nitrogens with one attached hydrogen (secondary N) is 4. The summed E-state index contributed by atoms with van der Waals surface area (Å²) in [4.78, 5) is 0. The van der Waals surface area contributed by atoms with Crippen LogP contribution in [0, 0.1) is 10.8 Å². The SMILES string of the molecule is CC(O)NC(=N)C(C)(C)/N=N/C(C)(C)C(=N)NC(C)O.Cl.Cl. The van der Waals surface area contributed by atoms with Crippen LogP contribution in [0.4, 0.5) is 0 Å². The maximum Gasteiger partial charge on any atom is 0.132 e. The Balaban J connectivity index is -0.00000180. The average molecular weight is 359 g/mol. The second kappa shape index (κ2) is 9.94. The zero-order valence-electron chi connectivity index (χ0n) is 13.8. The number of rotatable bonds is 6. The van der Waals surface area contributed by atoms with Crippen LogP contribution in [-0.2, 0) is 0 Å². The van der Waals surface area contributed by atoms with E-state index in [2.05, 4.69) is 20.9 Å². The van der Waals surface area contributed by atoms with Crippen LogP contribution in [0.25, 0.3) is 0 Å². The van der Waals surface area contributed by atoms with Gasteiger partial charge in [0.05, 0.1) is 0 Å². The highest BCUT2D eigenvalue weighted by molar-refractivity contribution is 5.89. The van der Waals surface area contributed by atoms with Crippen molar-refractivity contribution in [2.24, 2.45) is 10.2 Å². The minimum atomic E-state index is -0.945. The van der Waals surface area contributed by atoms with E-state index in [-0.39, 0.29) is 36.5 Å². The van der Waals surface area contributed by atoms with Crippen molar-refractivity contribution < 1.29 is 10.2 Å². The van der Waals surface area contributed by atoms with E-state index >= 15 is 0 Å². The summed E-state index contributed by atoms with van der Waals surface area (Å²) in [5.41, 5.74) is -1.89. The molecule has 0 amide bonds. The van der Waals surface area contributed by atoms with Crippen LogP contribution in [0.3, 0.4) is 0 Å². The van der Waals surface area contributed by atoms with E-state index < -0.39 is 23.5 Å². The predicted molar refractivity (Wildman–Crippen MR) is 92.6 cm³/mol. The van der Waals surface area contributed by atoms with Crippen LogP contribution in [0.15, 0.2) is 10.2 Å². The standard InChI is InChI=1S/C12H26N6O2.2ClH/c1-7(19)15-9(13)11(3,4)17-18-12(5,6)10(14)16-8(2)20;;/h7-8,19-20H,1-6H3,(H2,13,15)(H2,14,16);2*1H/b18-17+;;. The lowest BCUT2D eigenvalue weighted by atomic mass is 10.0. The van der Waals surface area contributed by atoms with E-state index in [1.165, 1.54) is 13.8 Å². The first-order valence-electron chi connectivity index (χ1n) is 6.40. The topological polar surface area (TPSA) is 137 Å². The van der Waals surface area contributed by atoms with Gasteiger partial charge in [0.25, 0.3) is 0 Å². The van der Waals surface area contributed by atoms with E-state index in [4.69, 9.17) is 10.8 Å². The molecule has 10 heteroatoms. The molecule has 6 N–H and O–H groups in total. The monoisotopic (exact) mass is 358 g/mol. The number of halogens is 2. The maximum atomic E-state index is 9.21. The van der Waals surface area contributed by atoms with Gasteiger partial charge in [-0.1, -0.05) is 0 Å². The molecule has 0 aromatic carbocycles. The summed E-state index contributed by atoms with van der Waals surface area (Å²) in [7, 11) is 0. The molecule has 0 aliphatic carbocycles. The molecule has 0 saturated heterocycles. The Morgan fingerprint density at radius 1 is 0.818 bits per heavy atom. The highest BCUT2D eigenvalue weighted by Crippen LogP contribution is 2.17. The van der Waals surface area contributed by atoms with Crippen molar-refractivity contribution in [1.29, 1.82) is 10.8 Å². The van der Waals surface area contributed by atoms with Gasteiger partial charge in [0.1, 0.15) is 35.2 Å². The smallest absolute Gasteiger partial charge is 0.132 e. The zero-order valence-corrected chi connectivity index (χ0v) is 15.4. The molecule has 0 fully saturated rings. The van der Waals surface area contributed by atoms with E-state index in [1.54, 1.807) is 27.7 Å². The van der Waals surface area contributed by atoms with Gasteiger partial charge in [-0.2, -0.15) is 10.2 Å². The number of aliphatic hydroxyl groups is 2. The van der Waals surface area contributed by atoms with Gasteiger partial charge in [-0.15, -0.1) is 24.8 Å². The molecule has 2 unspecified atom stereocenters. The number of amidine groups is 2. The van der Waals surface area contributed by atoms with E-state index in [0.29, 0.717) is 0 Å². The quantitative estimate of drug-likeness (QED) is 0.186. The molecule has 0 aliphatic heterocycles. The van der Waals surface area contributed by atoms with Crippen LogP contribution in [0.5, 0.6) is 0 Å². The van der Waals surface area contributed by atoms with Crippen LogP contribution in [-0.4, -0.2) is 45.4 Å². The van der Waals surface area contributed by atoms with E-state index in [0.717, 1.165) is 0 Å². The molecule has 0 aromatic rings. The molecule has 22 heavy (non-hydrogen) atoms. The number of hydrogen-bond acceptors (Lipinski definition) is 6. The lowest BCUT2D eigenvalue weighted by Gasteiger charge is -2.26. The van der Waals surface area contributed by atoms with Gasteiger partial charge in [-0.3, -0.25) is 10.8 Å². The molecular formula is C12H28Cl2N6O2. The summed E-state index contributed by atoms with van der Waals surface area (Å²) in [6.07, 6.45) is -1.69. The van der Waals surface area contributed by atoms with Gasteiger partial charge >= 0.3 is 0 Å². The molecule has 2 atom stereocenters. The fourth-order valence-electron chi connectivity index (χ4n) is 1.12. The first kappa shape index (κ1) is 26.0. The molecule has 132 valence electrons. The maximum absolute atomic E-state index is 9.21. The summed E-state index contributed by atoms with van der Waals surface area (Å²) >= 11 is 0. The normalized spacial score (nSPS) is 14.4. The van der Waals surface area contributed by atoms with Gasteiger partial charge in [0, 0.05) is 0 Å². The average Bonchev–Trinajstić information content (AvgIpc) is 2.24. The molecule has 0 aromatic heterocycles. The molecule has 0 heterocycles.